The monoisotopic (exact) mass is 384 g/mol. The first kappa shape index (κ1) is 16.3. The highest BCUT2D eigenvalue weighted by atomic mass is 19.1. The number of hydrogen-bond acceptors (Lipinski definition) is 3. The van der Waals surface area contributed by atoms with E-state index in [1.165, 1.54) is 12.1 Å². The van der Waals surface area contributed by atoms with Gasteiger partial charge in [-0.1, -0.05) is 12.1 Å². The number of nitrogens with one attached hydrogen (secondary N) is 2. The molecule has 5 nitrogen and oxygen atoms in total. The summed E-state index contributed by atoms with van der Waals surface area (Å²) in [5.41, 5.74) is 5.40. The van der Waals surface area contributed by atoms with E-state index in [-0.39, 0.29) is 5.91 Å². The predicted molar refractivity (Wildman–Crippen MR) is 110 cm³/mol. The molecular weight excluding hydrogens is 367 g/mol. The number of hydrogen-bond donors (Lipinski definition) is 2. The zero-order valence-electron chi connectivity index (χ0n) is 15.9. The van der Waals surface area contributed by atoms with Gasteiger partial charge in [-0.05, 0) is 67.4 Å². The standard InChI is InChI=1S/C23H17FN4O/c1-12-9-19-20(10-13(12)2)28-21(25-19)15-5-3-4-6-17(15)27-23(28)16-11-14(24)7-8-18(16)26-22(23)29/h3-11,27H,1-2H3,(H,26,29)/t23-/m0/s1. The lowest BCUT2D eigenvalue weighted by atomic mass is 9.95. The van der Waals surface area contributed by atoms with E-state index in [1.807, 2.05) is 54.8 Å². The van der Waals surface area contributed by atoms with Crippen LogP contribution in [-0.4, -0.2) is 15.5 Å². The molecule has 1 aromatic heterocycles. The maximum atomic E-state index is 14.3. The molecule has 3 aromatic carbocycles. The SMILES string of the molecule is Cc1cc2nc3n(c2cc1C)[C@]1(Nc2ccccc2-3)C(=O)Nc2ccc(F)cc21. The molecule has 2 aliphatic rings. The van der Waals surface area contributed by atoms with Crippen molar-refractivity contribution in [3.63, 3.8) is 0 Å². The molecule has 3 heterocycles. The minimum absolute atomic E-state index is 0.258. The van der Waals surface area contributed by atoms with E-state index < -0.39 is 11.5 Å². The largest absolute Gasteiger partial charge is 0.350 e. The minimum Gasteiger partial charge on any atom is -0.350 e. The fourth-order valence-electron chi connectivity index (χ4n) is 4.50. The third kappa shape index (κ3) is 1.93. The van der Waals surface area contributed by atoms with Gasteiger partial charge < -0.3 is 10.6 Å². The summed E-state index contributed by atoms with van der Waals surface area (Å²) in [4.78, 5) is 18.3. The van der Waals surface area contributed by atoms with Gasteiger partial charge >= 0.3 is 0 Å². The topological polar surface area (TPSA) is 59.0 Å². The van der Waals surface area contributed by atoms with Crippen LogP contribution < -0.4 is 10.6 Å². The second-order valence-corrected chi connectivity index (χ2v) is 7.72. The zero-order chi connectivity index (χ0) is 19.9. The van der Waals surface area contributed by atoms with Crippen molar-refractivity contribution in [1.29, 1.82) is 0 Å². The molecule has 2 aliphatic heterocycles. The van der Waals surface area contributed by atoms with Crippen LogP contribution in [-0.2, 0) is 10.5 Å². The number of amides is 1. The van der Waals surface area contributed by atoms with Crippen LogP contribution in [0.5, 0.6) is 0 Å². The number of anilines is 2. The molecule has 2 N–H and O–H groups in total. The van der Waals surface area contributed by atoms with Crippen LogP contribution in [0, 0.1) is 19.7 Å². The van der Waals surface area contributed by atoms with Crippen molar-refractivity contribution in [2.24, 2.45) is 0 Å². The number of carbonyl (C=O) groups is 1. The second-order valence-electron chi connectivity index (χ2n) is 7.72. The van der Waals surface area contributed by atoms with Crippen LogP contribution >= 0.6 is 0 Å². The van der Waals surface area contributed by atoms with Gasteiger partial charge in [0.25, 0.3) is 5.91 Å². The number of carbonyl (C=O) groups excluding carboxylic acids is 1. The van der Waals surface area contributed by atoms with Gasteiger partial charge in [0, 0.05) is 22.5 Å². The first-order valence-electron chi connectivity index (χ1n) is 9.48. The van der Waals surface area contributed by atoms with Crippen molar-refractivity contribution >= 4 is 28.3 Å². The lowest BCUT2D eigenvalue weighted by Gasteiger charge is -2.37. The normalized spacial score (nSPS) is 18.9. The van der Waals surface area contributed by atoms with Gasteiger partial charge in [-0.15, -0.1) is 0 Å². The van der Waals surface area contributed by atoms with Gasteiger partial charge in [0.15, 0.2) is 0 Å². The lowest BCUT2D eigenvalue weighted by molar-refractivity contribution is -0.120. The Hall–Kier alpha value is -3.67. The fourth-order valence-corrected chi connectivity index (χ4v) is 4.50. The van der Waals surface area contributed by atoms with Crippen LogP contribution in [0.25, 0.3) is 22.4 Å². The Morgan fingerprint density at radius 2 is 1.79 bits per heavy atom. The van der Waals surface area contributed by atoms with Gasteiger partial charge in [0.1, 0.15) is 11.6 Å². The van der Waals surface area contributed by atoms with E-state index in [4.69, 9.17) is 4.98 Å². The third-order valence-electron chi connectivity index (χ3n) is 6.04. The number of imidazole rings is 1. The minimum atomic E-state index is -1.31. The summed E-state index contributed by atoms with van der Waals surface area (Å²) in [7, 11) is 0. The molecule has 142 valence electrons. The molecule has 0 radical (unpaired) electrons. The Kier molecular flexibility index (Phi) is 2.94. The molecule has 6 rings (SSSR count). The number of aromatic nitrogens is 2. The maximum Gasteiger partial charge on any atom is 0.276 e. The molecule has 29 heavy (non-hydrogen) atoms. The Morgan fingerprint density at radius 3 is 2.66 bits per heavy atom. The molecule has 1 amide bonds. The highest BCUT2D eigenvalue weighted by Crippen LogP contribution is 2.49. The zero-order valence-corrected chi connectivity index (χ0v) is 15.9. The summed E-state index contributed by atoms with van der Waals surface area (Å²) >= 11 is 0. The summed E-state index contributed by atoms with van der Waals surface area (Å²) < 4.78 is 16.2. The highest BCUT2D eigenvalue weighted by molar-refractivity contribution is 6.10. The summed E-state index contributed by atoms with van der Waals surface area (Å²) in [5, 5.41) is 6.34. The first-order chi connectivity index (χ1) is 14.0. The molecule has 0 bridgehead atoms. The molecule has 0 fully saturated rings. The summed E-state index contributed by atoms with van der Waals surface area (Å²) in [6.07, 6.45) is 0. The quantitative estimate of drug-likeness (QED) is 0.468. The number of benzene rings is 3. The number of rotatable bonds is 0. The van der Waals surface area contributed by atoms with E-state index in [0.717, 1.165) is 33.4 Å². The number of fused-ring (bicyclic) bond motifs is 8. The number of halogens is 1. The lowest BCUT2D eigenvalue weighted by Crippen LogP contribution is -2.50. The molecule has 0 aliphatic carbocycles. The second kappa shape index (κ2) is 5.23. The van der Waals surface area contributed by atoms with E-state index in [0.29, 0.717) is 17.1 Å². The third-order valence-corrected chi connectivity index (χ3v) is 6.04. The molecule has 4 aromatic rings. The van der Waals surface area contributed by atoms with Crippen molar-refractivity contribution in [2.45, 2.75) is 19.5 Å². The van der Waals surface area contributed by atoms with Crippen LogP contribution in [0.1, 0.15) is 16.7 Å². The number of para-hydroxylation sites is 1. The number of aryl methyl sites for hydroxylation is 2. The number of nitrogens with zero attached hydrogens (tertiary/aromatic N) is 2. The molecule has 0 unspecified atom stereocenters. The first-order valence-corrected chi connectivity index (χ1v) is 9.48. The van der Waals surface area contributed by atoms with Gasteiger partial charge in [-0.25, -0.2) is 9.37 Å². The van der Waals surface area contributed by atoms with Gasteiger partial charge in [-0.2, -0.15) is 0 Å². The molecule has 1 atom stereocenters. The Bertz CT molecular complexity index is 1370. The van der Waals surface area contributed by atoms with Gasteiger partial charge in [-0.3, -0.25) is 9.36 Å². The molecule has 6 heteroatoms. The molecule has 1 spiro atoms. The Balaban J connectivity index is 1.80. The van der Waals surface area contributed by atoms with E-state index in [1.54, 1.807) is 6.07 Å². The van der Waals surface area contributed by atoms with Crippen molar-refractivity contribution in [3.05, 3.63) is 77.1 Å². The van der Waals surface area contributed by atoms with Crippen LogP contribution in [0.15, 0.2) is 54.6 Å². The summed E-state index contributed by atoms with van der Waals surface area (Å²) in [6, 6.07) is 16.2. The maximum absolute atomic E-state index is 14.3. The van der Waals surface area contributed by atoms with Crippen molar-refractivity contribution in [2.75, 3.05) is 10.6 Å². The Morgan fingerprint density at radius 1 is 1.00 bits per heavy atom. The van der Waals surface area contributed by atoms with E-state index in [9.17, 15) is 9.18 Å². The van der Waals surface area contributed by atoms with Crippen LogP contribution in [0.3, 0.4) is 0 Å². The summed E-state index contributed by atoms with van der Waals surface area (Å²) in [6.45, 7) is 4.08. The van der Waals surface area contributed by atoms with Gasteiger partial charge in [0.05, 0.1) is 11.0 Å². The van der Waals surface area contributed by atoms with E-state index in [2.05, 4.69) is 10.6 Å². The smallest absolute Gasteiger partial charge is 0.276 e. The average Bonchev–Trinajstić information content (AvgIpc) is 3.19. The van der Waals surface area contributed by atoms with Crippen molar-refractivity contribution < 1.29 is 9.18 Å². The molecule has 0 saturated carbocycles. The van der Waals surface area contributed by atoms with E-state index >= 15 is 0 Å². The molecule has 0 saturated heterocycles. The average molecular weight is 384 g/mol. The van der Waals surface area contributed by atoms with Crippen LogP contribution in [0.4, 0.5) is 15.8 Å². The van der Waals surface area contributed by atoms with Crippen molar-refractivity contribution in [3.8, 4) is 11.4 Å². The molecular formula is C23H17FN4O. The fraction of sp³-hybridized carbons (Fsp3) is 0.130. The van der Waals surface area contributed by atoms with Gasteiger partial charge in [0.2, 0.25) is 5.66 Å². The highest BCUT2D eigenvalue weighted by Gasteiger charge is 2.53. The van der Waals surface area contributed by atoms with Crippen LogP contribution in [0.2, 0.25) is 0 Å². The predicted octanol–water partition coefficient (Wildman–Crippen LogP) is 4.54. The summed E-state index contributed by atoms with van der Waals surface area (Å²) in [5.74, 6) is 0.0382. The Labute approximate surface area is 166 Å². The van der Waals surface area contributed by atoms with Crippen molar-refractivity contribution in [1.82, 2.24) is 9.55 Å².